The highest BCUT2D eigenvalue weighted by Crippen LogP contribution is 2.15. The Morgan fingerprint density at radius 3 is 0.852 bits per heavy atom. The first-order chi connectivity index (χ1) is 26.6. The molecule has 0 aromatic rings. The molecule has 0 rings (SSSR count). The van der Waals surface area contributed by atoms with Crippen molar-refractivity contribution in [2.75, 3.05) is 13.2 Å². The van der Waals surface area contributed by atoms with Crippen LogP contribution in [-0.4, -0.2) is 36.4 Å². The summed E-state index contributed by atoms with van der Waals surface area (Å²) in [7, 11) is 0. The summed E-state index contributed by atoms with van der Waals surface area (Å²) in [5.41, 5.74) is 0. The van der Waals surface area contributed by atoms with E-state index in [4.69, 9.17) is 9.47 Å². The second-order valence-corrected chi connectivity index (χ2v) is 16.2. The van der Waals surface area contributed by atoms with E-state index in [1.165, 1.54) is 193 Å². The molecule has 0 bridgehead atoms. The molecule has 0 fully saturated rings. The fourth-order valence-corrected chi connectivity index (χ4v) is 7.02. The summed E-state index contributed by atoms with van der Waals surface area (Å²) >= 11 is 0. The van der Waals surface area contributed by atoms with Gasteiger partial charge in [-0.05, 0) is 64.2 Å². The highest BCUT2D eigenvalue weighted by atomic mass is 16.6. The van der Waals surface area contributed by atoms with Crippen molar-refractivity contribution < 1.29 is 24.2 Å². The van der Waals surface area contributed by atoms with E-state index < -0.39 is 6.10 Å². The number of allylic oxidation sites excluding steroid dienone is 4. The van der Waals surface area contributed by atoms with E-state index in [1.54, 1.807) is 0 Å². The monoisotopic (exact) mass is 761 g/mol. The number of carbonyl (C=O) groups excluding carboxylic acids is 2. The van der Waals surface area contributed by atoms with Crippen LogP contribution < -0.4 is 0 Å². The zero-order valence-electron chi connectivity index (χ0n) is 36.3. The van der Waals surface area contributed by atoms with Gasteiger partial charge in [-0.3, -0.25) is 9.59 Å². The van der Waals surface area contributed by atoms with Crippen molar-refractivity contribution in [3.8, 4) is 0 Å². The molecule has 0 heterocycles. The van der Waals surface area contributed by atoms with E-state index in [1.807, 2.05) is 0 Å². The third kappa shape index (κ3) is 44.8. The zero-order chi connectivity index (χ0) is 39.3. The summed E-state index contributed by atoms with van der Waals surface area (Å²) < 4.78 is 10.4. The molecule has 0 radical (unpaired) electrons. The van der Waals surface area contributed by atoms with E-state index >= 15 is 0 Å². The molecular weight excluding hydrogens is 669 g/mol. The number of rotatable bonds is 44. The third-order valence-corrected chi connectivity index (χ3v) is 10.7. The molecular formula is C49H92O5. The summed E-state index contributed by atoms with van der Waals surface area (Å²) in [6.07, 6.45) is 55.4. The standard InChI is InChI=1S/C49H92O5/c1-3-5-7-9-11-13-15-17-19-21-23-24-26-28-30-32-34-36-38-40-42-44-49(52)54-46-47(50)45-53-48(51)43-41-39-37-35-33-31-29-27-25-22-20-18-16-14-12-10-8-6-4-2/h17-20,47,50H,3-16,21-46H2,1-2H3/b19-17-,20-18-/t47-/m1/s1. The number of esters is 2. The van der Waals surface area contributed by atoms with Crippen molar-refractivity contribution in [1.82, 2.24) is 0 Å². The normalized spacial score (nSPS) is 12.3. The molecule has 5 heteroatoms. The summed E-state index contributed by atoms with van der Waals surface area (Å²) in [5.74, 6) is -0.557. The number of ether oxygens (including phenoxy) is 2. The Morgan fingerprint density at radius 1 is 0.370 bits per heavy atom. The lowest BCUT2D eigenvalue weighted by atomic mass is 10.0. The molecule has 0 amide bonds. The second-order valence-electron chi connectivity index (χ2n) is 16.2. The number of carbonyl (C=O) groups is 2. The minimum absolute atomic E-state index is 0.113. The van der Waals surface area contributed by atoms with Gasteiger partial charge in [0.25, 0.3) is 0 Å². The van der Waals surface area contributed by atoms with Crippen molar-refractivity contribution in [2.24, 2.45) is 0 Å². The largest absolute Gasteiger partial charge is 0.463 e. The maximum atomic E-state index is 12.0. The molecule has 0 aliphatic heterocycles. The molecule has 5 nitrogen and oxygen atoms in total. The van der Waals surface area contributed by atoms with E-state index in [2.05, 4.69) is 38.2 Å². The van der Waals surface area contributed by atoms with Crippen LogP contribution in [0.1, 0.15) is 258 Å². The van der Waals surface area contributed by atoms with Gasteiger partial charge in [-0.15, -0.1) is 0 Å². The molecule has 1 N–H and O–H groups in total. The quantitative estimate of drug-likeness (QED) is 0.0380. The first kappa shape index (κ1) is 52.4. The minimum Gasteiger partial charge on any atom is -0.463 e. The zero-order valence-corrected chi connectivity index (χ0v) is 36.3. The first-order valence-corrected chi connectivity index (χ1v) is 23.9. The average Bonchev–Trinajstić information content (AvgIpc) is 3.17. The Balaban J connectivity index is 3.38. The topological polar surface area (TPSA) is 72.8 Å². The van der Waals surface area contributed by atoms with Crippen LogP contribution in [0.2, 0.25) is 0 Å². The highest BCUT2D eigenvalue weighted by Gasteiger charge is 2.12. The van der Waals surface area contributed by atoms with Crippen molar-refractivity contribution in [3.63, 3.8) is 0 Å². The SMILES string of the molecule is CCCCCCCC/C=C\CCCCCCCCCCCCCC(=O)OC[C@H](O)COC(=O)CCCCCCCCCCC/C=C\CCCCCCCC. The van der Waals surface area contributed by atoms with Gasteiger partial charge in [-0.25, -0.2) is 0 Å². The van der Waals surface area contributed by atoms with Crippen LogP contribution in [0.3, 0.4) is 0 Å². The lowest BCUT2D eigenvalue weighted by molar-refractivity contribution is -0.152. The average molecular weight is 761 g/mol. The molecule has 54 heavy (non-hydrogen) atoms. The van der Waals surface area contributed by atoms with Gasteiger partial charge >= 0.3 is 11.9 Å². The maximum absolute atomic E-state index is 12.0. The summed E-state index contributed by atoms with van der Waals surface area (Å²) in [4.78, 5) is 24.1. The van der Waals surface area contributed by atoms with Crippen LogP contribution >= 0.6 is 0 Å². The van der Waals surface area contributed by atoms with E-state index in [9.17, 15) is 14.7 Å². The van der Waals surface area contributed by atoms with Crippen molar-refractivity contribution >= 4 is 11.9 Å². The van der Waals surface area contributed by atoms with Crippen molar-refractivity contribution in [3.05, 3.63) is 24.3 Å². The molecule has 0 aromatic heterocycles. The fourth-order valence-electron chi connectivity index (χ4n) is 7.02. The fraction of sp³-hybridized carbons (Fsp3) is 0.878. The van der Waals surface area contributed by atoms with Gasteiger partial charge in [-0.2, -0.15) is 0 Å². The van der Waals surface area contributed by atoms with Gasteiger partial charge in [0, 0.05) is 12.8 Å². The van der Waals surface area contributed by atoms with Crippen LogP contribution in [0, 0.1) is 0 Å². The van der Waals surface area contributed by atoms with Gasteiger partial charge in [0.1, 0.15) is 19.3 Å². The smallest absolute Gasteiger partial charge is 0.305 e. The maximum Gasteiger partial charge on any atom is 0.305 e. The van der Waals surface area contributed by atoms with Gasteiger partial charge in [0.05, 0.1) is 0 Å². The molecule has 0 aliphatic carbocycles. The van der Waals surface area contributed by atoms with Gasteiger partial charge in [0.15, 0.2) is 0 Å². The van der Waals surface area contributed by atoms with Crippen LogP contribution in [0.25, 0.3) is 0 Å². The molecule has 0 saturated heterocycles. The molecule has 0 saturated carbocycles. The van der Waals surface area contributed by atoms with E-state index in [0.29, 0.717) is 12.8 Å². The van der Waals surface area contributed by atoms with Gasteiger partial charge in [-0.1, -0.05) is 205 Å². The van der Waals surface area contributed by atoms with Crippen LogP contribution in [0.4, 0.5) is 0 Å². The molecule has 1 atom stereocenters. The predicted molar refractivity (Wildman–Crippen MR) is 233 cm³/mol. The molecule has 0 aliphatic rings. The number of unbranched alkanes of at least 4 members (excludes halogenated alkanes) is 32. The third-order valence-electron chi connectivity index (χ3n) is 10.7. The molecule has 0 spiro atoms. The number of aliphatic hydroxyl groups excluding tert-OH is 1. The minimum atomic E-state index is -0.962. The lowest BCUT2D eigenvalue weighted by Crippen LogP contribution is -2.25. The number of aliphatic hydroxyl groups is 1. The first-order valence-electron chi connectivity index (χ1n) is 23.9. The molecule has 0 unspecified atom stereocenters. The van der Waals surface area contributed by atoms with E-state index in [0.717, 1.165) is 38.5 Å². The summed E-state index contributed by atoms with van der Waals surface area (Å²) in [5, 5.41) is 10.1. The van der Waals surface area contributed by atoms with Crippen LogP contribution in [-0.2, 0) is 19.1 Å². The Hall–Kier alpha value is -1.62. The highest BCUT2D eigenvalue weighted by molar-refractivity contribution is 5.69. The Morgan fingerprint density at radius 2 is 0.593 bits per heavy atom. The van der Waals surface area contributed by atoms with Crippen molar-refractivity contribution in [2.45, 2.75) is 264 Å². The second kappa shape index (κ2) is 45.8. The van der Waals surface area contributed by atoms with E-state index in [-0.39, 0.29) is 25.2 Å². The predicted octanol–water partition coefficient (Wildman–Crippen LogP) is 15.4. The number of hydrogen-bond acceptors (Lipinski definition) is 5. The molecule has 318 valence electrons. The van der Waals surface area contributed by atoms with Crippen LogP contribution in [0.5, 0.6) is 0 Å². The van der Waals surface area contributed by atoms with Gasteiger partial charge in [0.2, 0.25) is 0 Å². The van der Waals surface area contributed by atoms with Crippen molar-refractivity contribution in [1.29, 1.82) is 0 Å². The molecule has 0 aromatic carbocycles. The lowest BCUT2D eigenvalue weighted by Gasteiger charge is -2.12. The Kier molecular flexibility index (Phi) is 44.4. The summed E-state index contributed by atoms with van der Waals surface area (Å²) in [6.45, 7) is 4.32. The van der Waals surface area contributed by atoms with Gasteiger partial charge < -0.3 is 14.6 Å². The Bertz CT molecular complexity index is 821. The summed E-state index contributed by atoms with van der Waals surface area (Å²) in [6, 6.07) is 0. The Labute approximate surface area is 336 Å². The van der Waals surface area contributed by atoms with Crippen LogP contribution in [0.15, 0.2) is 24.3 Å². The number of hydrogen-bond donors (Lipinski definition) is 1.